The molecule has 0 amide bonds. The highest BCUT2D eigenvalue weighted by Crippen LogP contribution is 2.33. The van der Waals surface area contributed by atoms with Crippen molar-refractivity contribution in [3.05, 3.63) is 57.6 Å². The fourth-order valence-electron chi connectivity index (χ4n) is 1.85. The highest BCUT2D eigenvalue weighted by molar-refractivity contribution is 6.37. The quantitative estimate of drug-likeness (QED) is 0.516. The average molecular weight is 325 g/mol. The molecule has 2 aromatic carbocycles. The Kier molecular flexibility index (Phi) is 5.31. The van der Waals surface area contributed by atoms with Crippen molar-refractivity contribution in [3.63, 3.8) is 0 Å². The zero-order valence-corrected chi connectivity index (χ0v) is 12.9. The van der Waals surface area contributed by atoms with Crippen LogP contribution in [0.15, 0.2) is 41.5 Å². The number of hydrazone groups is 1. The van der Waals surface area contributed by atoms with Gasteiger partial charge in [0.1, 0.15) is 12.4 Å². The molecule has 4 nitrogen and oxygen atoms in total. The van der Waals surface area contributed by atoms with Crippen LogP contribution in [0.25, 0.3) is 0 Å². The maximum absolute atomic E-state index is 6.07. The van der Waals surface area contributed by atoms with Gasteiger partial charge in [0.15, 0.2) is 5.75 Å². The topological polar surface area (TPSA) is 56.8 Å². The molecule has 0 saturated heterocycles. The van der Waals surface area contributed by atoms with Gasteiger partial charge < -0.3 is 15.3 Å². The Morgan fingerprint density at radius 1 is 1.19 bits per heavy atom. The van der Waals surface area contributed by atoms with E-state index >= 15 is 0 Å². The summed E-state index contributed by atoms with van der Waals surface area (Å²) >= 11 is 12.1. The fourth-order valence-corrected chi connectivity index (χ4v) is 2.35. The van der Waals surface area contributed by atoms with Crippen LogP contribution in [0, 0.1) is 0 Å². The van der Waals surface area contributed by atoms with Crippen molar-refractivity contribution in [3.8, 4) is 11.5 Å². The summed E-state index contributed by atoms with van der Waals surface area (Å²) in [5.74, 6) is 6.30. The summed E-state index contributed by atoms with van der Waals surface area (Å²) in [7, 11) is 1.60. The Morgan fingerprint density at radius 2 is 1.90 bits per heavy atom. The van der Waals surface area contributed by atoms with Crippen molar-refractivity contribution in [1.29, 1.82) is 0 Å². The molecular weight excluding hydrogens is 311 g/mol. The van der Waals surface area contributed by atoms with Gasteiger partial charge in [-0.05, 0) is 35.9 Å². The third-order valence-corrected chi connectivity index (χ3v) is 3.41. The second kappa shape index (κ2) is 7.20. The van der Waals surface area contributed by atoms with Gasteiger partial charge in [-0.25, -0.2) is 0 Å². The van der Waals surface area contributed by atoms with E-state index in [2.05, 4.69) is 5.10 Å². The zero-order valence-electron chi connectivity index (χ0n) is 11.3. The summed E-state index contributed by atoms with van der Waals surface area (Å²) in [6, 6.07) is 10.7. The molecule has 0 atom stereocenters. The third kappa shape index (κ3) is 3.80. The Balaban J connectivity index is 2.24. The first-order chi connectivity index (χ1) is 10.2. The number of hydrogen-bond acceptors (Lipinski definition) is 4. The van der Waals surface area contributed by atoms with Crippen LogP contribution in [0.2, 0.25) is 10.0 Å². The van der Waals surface area contributed by atoms with Gasteiger partial charge in [0.25, 0.3) is 0 Å². The van der Waals surface area contributed by atoms with Crippen LogP contribution < -0.4 is 15.3 Å². The Morgan fingerprint density at radius 3 is 2.52 bits per heavy atom. The van der Waals surface area contributed by atoms with E-state index in [0.29, 0.717) is 21.5 Å². The first-order valence-corrected chi connectivity index (χ1v) is 6.88. The van der Waals surface area contributed by atoms with E-state index in [9.17, 15) is 0 Å². The Labute approximate surface area is 133 Å². The number of nitrogens with two attached hydrogens (primary N) is 1. The number of rotatable bonds is 5. The molecule has 0 fully saturated rings. The number of halogens is 2. The SMILES string of the molecule is COc1ccc(C=NN)cc1COc1c(Cl)cccc1Cl. The second-order valence-corrected chi connectivity index (χ2v) is 5.00. The predicted molar refractivity (Wildman–Crippen MR) is 85.6 cm³/mol. The molecule has 0 bridgehead atoms. The molecule has 0 aliphatic rings. The van der Waals surface area contributed by atoms with Crippen molar-refractivity contribution in [2.75, 3.05) is 7.11 Å². The van der Waals surface area contributed by atoms with Crippen LogP contribution in [0.5, 0.6) is 11.5 Å². The monoisotopic (exact) mass is 324 g/mol. The standard InChI is InChI=1S/C15H14Cl2N2O2/c1-20-14-6-5-10(8-19-18)7-11(14)9-21-15-12(16)3-2-4-13(15)17/h2-8H,9,18H2,1H3. The minimum absolute atomic E-state index is 0.263. The van der Waals surface area contributed by atoms with Crippen LogP contribution in [0.4, 0.5) is 0 Å². The molecule has 2 rings (SSSR count). The van der Waals surface area contributed by atoms with E-state index in [-0.39, 0.29) is 6.61 Å². The Hall–Kier alpha value is -1.91. The van der Waals surface area contributed by atoms with Crippen molar-refractivity contribution >= 4 is 29.4 Å². The van der Waals surface area contributed by atoms with E-state index in [4.69, 9.17) is 38.5 Å². The minimum atomic E-state index is 0.263. The van der Waals surface area contributed by atoms with Crippen molar-refractivity contribution in [1.82, 2.24) is 0 Å². The second-order valence-electron chi connectivity index (χ2n) is 4.19. The molecule has 2 aromatic rings. The first-order valence-electron chi connectivity index (χ1n) is 6.12. The van der Waals surface area contributed by atoms with Crippen molar-refractivity contribution < 1.29 is 9.47 Å². The van der Waals surface area contributed by atoms with Crippen LogP contribution in [0.3, 0.4) is 0 Å². The number of methoxy groups -OCH3 is 1. The molecule has 0 heterocycles. The molecule has 0 aliphatic heterocycles. The average Bonchev–Trinajstić information content (AvgIpc) is 2.47. The van der Waals surface area contributed by atoms with Crippen molar-refractivity contribution in [2.45, 2.75) is 6.61 Å². The summed E-state index contributed by atoms with van der Waals surface area (Å²) in [5.41, 5.74) is 1.69. The van der Waals surface area contributed by atoms with E-state index in [1.807, 2.05) is 18.2 Å². The molecule has 2 N–H and O–H groups in total. The lowest BCUT2D eigenvalue weighted by molar-refractivity contribution is 0.297. The summed E-state index contributed by atoms with van der Waals surface area (Å²) in [6.07, 6.45) is 1.55. The van der Waals surface area contributed by atoms with Crippen LogP contribution in [-0.4, -0.2) is 13.3 Å². The molecule has 0 aliphatic carbocycles. The van der Waals surface area contributed by atoms with Gasteiger partial charge in [0, 0.05) is 5.56 Å². The van der Waals surface area contributed by atoms with E-state index < -0.39 is 0 Å². The molecule has 0 aromatic heterocycles. The number of nitrogens with zero attached hydrogens (tertiary/aromatic N) is 1. The highest BCUT2D eigenvalue weighted by atomic mass is 35.5. The molecule has 6 heteroatoms. The normalized spacial score (nSPS) is 10.8. The van der Waals surface area contributed by atoms with Crippen molar-refractivity contribution in [2.24, 2.45) is 10.9 Å². The van der Waals surface area contributed by atoms with Gasteiger partial charge in [-0.3, -0.25) is 0 Å². The van der Waals surface area contributed by atoms with Crippen LogP contribution in [-0.2, 0) is 6.61 Å². The maximum Gasteiger partial charge on any atom is 0.156 e. The Bertz CT molecular complexity index is 640. The molecule has 0 radical (unpaired) electrons. The van der Waals surface area contributed by atoms with Crippen LogP contribution in [0.1, 0.15) is 11.1 Å². The van der Waals surface area contributed by atoms with E-state index in [1.54, 1.807) is 31.5 Å². The van der Waals surface area contributed by atoms with Crippen LogP contribution >= 0.6 is 23.2 Å². The lowest BCUT2D eigenvalue weighted by Gasteiger charge is -2.13. The van der Waals surface area contributed by atoms with E-state index in [0.717, 1.165) is 11.1 Å². The summed E-state index contributed by atoms with van der Waals surface area (Å²) in [4.78, 5) is 0. The van der Waals surface area contributed by atoms with E-state index in [1.165, 1.54) is 0 Å². The highest BCUT2D eigenvalue weighted by Gasteiger charge is 2.09. The molecular formula is C15H14Cl2N2O2. The molecule has 0 unspecified atom stereocenters. The maximum atomic E-state index is 6.07. The van der Waals surface area contributed by atoms with Gasteiger partial charge in [-0.15, -0.1) is 0 Å². The third-order valence-electron chi connectivity index (χ3n) is 2.82. The molecule has 0 saturated carbocycles. The lowest BCUT2D eigenvalue weighted by Crippen LogP contribution is -2.01. The molecule has 110 valence electrons. The first kappa shape index (κ1) is 15.5. The van der Waals surface area contributed by atoms with Gasteiger partial charge in [0.2, 0.25) is 0 Å². The number of hydrogen-bond donors (Lipinski definition) is 1. The number of para-hydroxylation sites is 1. The van der Waals surface area contributed by atoms with Gasteiger partial charge in [0.05, 0.1) is 23.4 Å². The molecule has 0 spiro atoms. The summed E-state index contributed by atoms with van der Waals surface area (Å²) in [6.45, 7) is 0.263. The predicted octanol–water partition coefficient (Wildman–Crippen LogP) is 3.87. The summed E-state index contributed by atoms with van der Waals surface area (Å²) in [5, 5.41) is 4.42. The zero-order chi connectivity index (χ0) is 15.2. The lowest BCUT2D eigenvalue weighted by atomic mass is 10.1. The molecule has 21 heavy (non-hydrogen) atoms. The van der Waals surface area contributed by atoms with Gasteiger partial charge in [-0.2, -0.15) is 5.10 Å². The minimum Gasteiger partial charge on any atom is -0.496 e. The smallest absolute Gasteiger partial charge is 0.156 e. The van der Waals surface area contributed by atoms with Gasteiger partial charge in [-0.1, -0.05) is 29.3 Å². The van der Waals surface area contributed by atoms with Gasteiger partial charge >= 0.3 is 0 Å². The summed E-state index contributed by atoms with van der Waals surface area (Å²) < 4.78 is 11.0. The number of ether oxygens (including phenoxy) is 2. The number of benzene rings is 2. The largest absolute Gasteiger partial charge is 0.496 e. The fraction of sp³-hybridized carbons (Fsp3) is 0.133.